The van der Waals surface area contributed by atoms with Crippen molar-refractivity contribution in [1.82, 2.24) is 14.5 Å². The molecule has 0 aliphatic carbocycles. The standard InChI is InChI=1S/C19H19FN4O.C10H15N.ClH/c1-3-10-22-19-23-17(14-8-11-21-12-9-14)16(18(25)24(19)2)13-4-6-15(20)7-5-13;1-2-3-9-11-10-7-5-4-6-8-10;/h4-9,11-12H,3,10H2,1-2H3,(H,22,23);4-8,11H,2-3,9H2,1H3;1H. The van der Waals surface area contributed by atoms with Gasteiger partial charge < -0.3 is 10.6 Å². The van der Waals surface area contributed by atoms with E-state index in [2.05, 4.69) is 39.7 Å². The molecule has 0 saturated carbocycles. The summed E-state index contributed by atoms with van der Waals surface area (Å²) < 4.78 is 14.8. The van der Waals surface area contributed by atoms with Gasteiger partial charge in [-0.1, -0.05) is 50.6 Å². The molecule has 4 rings (SSSR count). The van der Waals surface area contributed by atoms with Crippen LogP contribution in [0.1, 0.15) is 33.1 Å². The molecule has 196 valence electrons. The maximum absolute atomic E-state index is 13.3. The molecule has 0 atom stereocenters. The Morgan fingerprint density at radius 2 is 1.51 bits per heavy atom. The lowest BCUT2D eigenvalue weighted by atomic mass is 10.0. The van der Waals surface area contributed by atoms with E-state index in [1.54, 1.807) is 43.7 Å². The van der Waals surface area contributed by atoms with Gasteiger partial charge in [-0.05, 0) is 54.8 Å². The van der Waals surface area contributed by atoms with Crippen molar-refractivity contribution in [2.45, 2.75) is 33.1 Å². The summed E-state index contributed by atoms with van der Waals surface area (Å²) in [4.78, 5) is 21.7. The van der Waals surface area contributed by atoms with Crippen molar-refractivity contribution in [2.24, 2.45) is 7.05 Å². The Balaban J connectivity index is 0.000000339. The van der Waals surface area contributed by atoms with Gasteiger partial charge in [0.2, 0.25) is 5.95 Å². The molecule has 4 aromatic rings. The Bertz CT molecular complexity index is 1270. The zero-order valence-corrected chi connectivity index (χ0v) is 22.4. The maximum atomic E-state index is 13.3. The van der Waals surface area contributed by atoms with Gasteiger partial charge >= 0.3 is 0 Å². The predicted molar refractivity (Wildman–Crippen MR) is 154 cm³/mol. The molecule has 37 heavy (non-hydrogen) atoms. The molecule has 6 nitrogen and oxygen atoms in total. The first kappa shape index (κ1) is 29.5. The molecule has 0 radical (unpaired) electrons. The van der Waals surface area contributed by atoms with Crippen LogP contribution in [0.25, 0.3) is 22.4 Å². The fourth-order valence-corrected chi connectivity index (χ4v) is 3.56. The Hall–Kier alpha value is -3.71. The molecule has 2 heterocycles. The zero-order valence-electron chi connectivity index (χ0n) is 21.6. The summed E-state index contributed by atoms with van der Waals surface area (Å²) in [7, 11) is 1.68. The van der Waals surface area contributed by atoms with E-state index in [0.29, 0.717) is 29.3 Å². The van der Waals surface area contributed by atoms with Crippen molar-refractivity contribution in [1.29, 1.82) is 0 Å². The number of unbranched alkanes of at least 4 members (excludes halogenated alkanes) is 1. The van der Waals surface area contributed by atoms with E-state index in [9.17, 15) is 9.18 Å². The molecule has 0 saturated heterocycles. The van der Waals surface area contributed by atoms with Gasteiger partial charge in [0.05, 0.1) is 11.3 Å². The van der Waals surface area contributed by atoms with Crippen LogP contribution in [0.4, 0.5) is 16.0 Å². The van der Waals surface area contributed by atoms with Gasteiger partial charge in [0, 0.05) is 43.8 Å². The van der Waals surface area contributed by atoms with Gasteiger partial charge in [0.25, 0.3) is 5.56 Å². The highest BCUT2D eigenvalue weighted by Crippen LogP contribution is 2.28. The highest BCUT2D eigenvalue weighted by atomic mass is 35.5. The minimum absolute atomic E-state index is 0. The van der Waals surface area contributed by atoms with E-state index in [1.807, 2.05) is 25.1 Å². The third-order valence-electron chi connectivity index (χ3n) is 5.54. The van der Waals surface area contributed by atoms with Crippen LogP contribution < -0.4 is 16.2 Å². The van der Waals surface area contributed by atoms with E-state index in [4.69, 9.17) is 0 Å². The fourth-order valence-electron chi connectivity index (χ4n) is 3.56. The Kier molecular flexibility index (Phi) is 12.3. The minimum atomic E-state index is -0.347. The SMILES string of the molecule is CCCCNc1ccccc1.CCCNc1nc(-c2ccncc2)c(-c2ccc(F)cc2)c(=O)n1C.Cl. The van der Waals surface area contributed by atoms with Crippen LogP contribution in [0.2, 0.25) is 0 Å². The summed E-state index contributed by atoms with van der Waals surface area (Å²) in [6, 6.07) is 19.8. The maximum Gasteiger partial charge on any atom is 0.263 e. The van der Waals surface area contributed by atoms with E-state index < -0.39 is 0 Å². The quantitative estimate of drug-likeness (QED) is 0.236. The number of hydrogen-bond acceptors (Lipinski definition) is 5. The highest BCUT2D eigenvalue weighted by molar-refractivity contribution is 5.85. The van der Waals surface area contributed by atoms with Gasteiger partial charge in [-0.3, -0.25) is 14.3 Å². The monoisotopic (exact) mass is 523 g/mol. The van der Waals surface area contributed by atoms with E-state index in [1.165, 1.54) is 35.2 Å². The van der Waals surface area contributed by atoms with Crippen molar-refractivity contribution >= 4 is 24.0 Å². The molecule has 0 spiro atoms. The second-order valence-corrected chi connectivity index (χ2v) is 8.34. The number of benzene rings is 2. The topological polar surface area (TPSA) is 71.8 Å². The number of halogens is 2. The number of anilines is 2. The van der Waals surface area contributed by atoms with Gasteiger partial charge in [0.1, 0.15) is 5.82 Å². The molecular formula is C29H35ClFN5O. The molecule has 0 unspecified atom stereocenters. The molecular weight excluding hydrogens is 489 g/mol. The third-order valence-corrected chi connectivity index (χ3v) is 5.54. The number of rotatable bonds is 9. The molecule has 2 aromatic heterocycles. The molecule has 0 fully saturated rings. The lowest BCUT2D eigenvalue weighted by Crippen LogP contribution is -2.25. The molecule has 2 aromatic carbocycles. The lowest BCUT2D eigenvalue weighted by Gasteiger charge is -2.15. The van der Waals surface area contributed by atoms with Crippen LogP contribution in [-0.2, 0) is 7.05 Å². The van der Waals surface area contributed by atoms with Gasteiger partial charge in [0.15, 0.2) is 0 Å². The van der Waals surface area contributed by atoms with Crippen molar-refractivity contribution in [3.63, 3.8) is 0 Å². The Morgan fingerprint density at radius 1 is 0.838 bits per heavy atom. The normalized spacial score (nSPS) is 10.1. The summed E-state index contributed by atoms with van der Waals surface area (Å²) in [5, 5.41) is 6.52. The molecule has 0 amide bonds. The number of aromatic nitrogens is 3. The highest BCUT2D eigenvalue weighted by Gasteiger charge is 2.18. The average molecular weight is 524 g/mol. The van der Waals surface area contributed by atoms with Crippen LogP contribution in [0.15, 0.2) is 83.9 Å². The van der Waals surface area contributed by atoms with Gasteiger partial charge in [-0.15, -0.1) is 12.4 Å². The van der Waals surface area contributed by atoms with Crippen LogP contribution in [0.3, 0.4) is 0 Å². The summed E-state index contributed by atoms with van der Waals surface area (Å²) >= 11 is 0. The Labute approximate surface area is 224 Å². The largest absolute Gasteiger partial charge is 0.385 e. The van der Waals surface area contributed by atoms with E-state index in [-0.39, 0.29) is 23.8 Å². The van der Waals surface area contributed by atoms with Gasteiger partial charge in [-0.2, -0.15) is 0 Å². The number of hydrogen-bond donors (Lipinski definition) is 2. The average Bonchev–Trinajstić information content (AvgIpc) is 2.92. The first-order valence-corrected chi connectivity index (χ1v) is 12.3. The smallest absolute Gasteiger partial charge is 0.263 e. The minimum Gasteiger partial charge on any atom is -0.385 e. The van der Waals surface area contributed by atoms with Gasteiger partial charge in [-0.25, -0.2) is 9.37 Å². The Morgan fingerprint density at radius 3 is 2.14 bits per heavy atom. The number of para-hydroxylation sites is 1. The molecule has 0 bridgehead atoms. The van der Waals surface area contributed by atoms with Crippen molar-refractivity contribution < 1.29 is 4.39 Å². The lowest BCUT2D eigenvalue weighted by molar-refractivity contribution is 0.628. The second kappa shape index (κ2) is 15.4. The summed E-state index contributed by atoms with van der Waals surface area (Å²) in [6.07, 6.45) is 6.72. The van der Waals surface area contributed by atoms with Crippen LogP contribution >= 0.6 is 12.4 Å². The predicted octanol–water partition coefficient (Wildman–Crippen LogP) is 6.79. The number of nitrogens with one attached hydrogen (secondary N) is 2. The van der Waals surface area contributed by atoms with Crippen molar-refractivity contribution in [3.8, 4) is 22.4 Å². The molecule has 0 aliphatic heterocycles. The van der Waals surface area contributed by atoms with E-state index in [0.717, 1.165) is 18.5 Å². The summed E-state index contributed by atoms with van der Waals surface area (Å²) in [6.45, 7) is 6.04. The zero-order chi connectivity index (χ0) is 25.8. The van der Waals surface area contributed by atoms with Crippen molar-refractivity contribution in [3.05, 3.63) is 95.3 Å². The molecule has 8 heteroatoms. The van der Waals surface area contributed by atoms with Crippen LogP contribution in [-0.4, -0.2) is 27.6 Å². The summed E-state index contributed by atoms with van der Waals surface area (Å²) in [5.74, 6) is 0.157. The van der Waals surface area contributed by atoms with E-state index >= 15 is 0 Å². The number of nitrogens with zero attached hydrogens (tertiary/aromatic N) is 3. The second-order valence-electron chi connectivity index (χ2n) is 8.34. The number of pyridine rings is 1. The van der Waals surface area contributed by atoms with Crippen LogP contribution in [0.5, 0.6) is 0 Å². The third kappa shape index (κ3) is 8.43. The summed E-state index contributed by atoms with van der Waals surface area (Å²) in [5.41, 5.74) is 3.44. The van der Waals surface area contributed by atoms with Crippen LogP contribution in [0, 0.1) is 5.82 Å². The van der Waals surface area contributed by atoms with Crippen molar-refractivity contribution in [2.75, 3.05) is 23.7 Å². The first-order valence-electron chi connectivity index (χ1n) is 12.3. The molecule has 0 aliphatic rings. The fraction of sp³-hybridized carbons (Fsp3) is 0.276. The first-order chi connectivity index (χ1) is 17.5. The molecule has 2 N–H and O–H groups in total.